The van der Waals surface area contributed by atoms with Gasteiger partial charge in [-0.25, -0.2) is 9.18 Å². The van der Waals surface area contributed by atoms with Crippen molar-refractivity contribution in [3.8, 4) is 0 Å². The van der Waals surface area contributed by atoms with Crippen LogP contribution in [0, 0.1) is 9.39 Å². The van der Waals surface area contributed by atoms with Crippen LogP contribution in [0.3, 0.4) is 0 Å². The van der Waals surface area contributed by atoms with Crippen LogP contribution in [0.4, 0.5) is 4.39 Å². The molecule has 2 amide bonds. The lowest BCUT2D eigenvalue weighted by molar-refractivity contribution is -0.145. The monoisotopic (exact) mass is 512 g/mol. The van der Waals surface area contributed by atoms with Crippen LogP contribution in [0.5, 0.6) is 0 Å². The molecule has 2 N–H and O–H groups in total. The van der Waals surface area contributed by atoms with E-state index in [0.29, 0.717) is 5.56 Å². The molecule has 2 atom stereocenters. The SMILES string of the molecule is COC(=O)[C@H](Cc1ccccc1I)NC(=O)[C@@H](Cc1ccc(F)cc1)NC(C)=O. The van der Waals surface area contributed by atoms with Crippen LogP contribution in [-0.4, -0.2) is 37.0 Å². The molecular formula is C21H22FIN2O4. The number of esters is 1. The zero-order valence-corrected chi connectivity index (χ0v) is 18.2. The van der Waals surface area contributed by atoms with Crippen molar-refractivity contribution in [2.75, 3.05) is 7.11 Å². The summed E-state index contributed by atoms with van der Waals surface area (Å²) in [6.45, 7) is 1.30. The lowest BCUT2D eigenvalue weighted by Gasteiger charge is -2.22. The van der Waals surface area contributed by atoms with E-state index in [1.54, 1.807) is 12.1 Å². The Morgan fingerprint density at radius 2 is 1.66 bits per heavy atom. The predicted molar refractivity (Wildman–Crippen MR) is 115 cm³/mol. The van der Waals surface area contributed by atoms with Gasteiger partial charge in [0.2, 0.25) is 11.8 Å². The zero-order valence-electron chi connectivity index (χ0n) is 16.1. The minimum absolute atomic E-state index is 0.155. The van der Waals surface area contributed by atoms with Crippen LogP contribution >= 0.6 is 22.6 Å². The van der Waals surface area contributed by atoms with Gasteiger partial charge < -0.3 is 15.4 Å². The number of amides is 2. The Kier molecular flexibility index (Phi) is 8.56. The van der Waals surface area contributed by atoms with Crippen molar-refractivity contribution < 1.29 is 23.5 Å². The molecule has 0 fully saturated rings. The van der Waals surface area contributed by atoms with E-state index in [1.807, 2.05) is 24.3 Å². The first kappa shape index (κ1) is 22.8. The molecule has 0 radical (unpaired) electrons. The number of carbonyl (C=O) groups is 3. The van der Waals surface area contributed by atoms with Gasteiger partial charge in [-0.15, -0.1) is 0 Å². The Hall–Kier alpha value is -2.49. The fraction of sp³-hybridized carbons (Fsp3) is 0.286. The molecule has 0 aliphatic heterocycles. The van der Waals surface area contributed by atoms with E-state index in [4.69, 9.17) is 4.74 Å². The van der Waals surface area contributed by atoms with Gasteiger partial charge in [0.05, 0.1) is 7.11 Å². The zero-order chi connectivity index (χ0) is 21.4. The van der Waals surface area contributed by atoms with Crippen LogP contribution in [0.15, 0.2) is 48.5 Å². The number of hydrogen-bond acceptors (Lipinski definition) is 4. The predicted octanol–water partition coefficient (Wildman–Crippen LogP) is 2.38. The summed E-state index contributed by atoms with van der Waals surface area (Å²) in [6, 6.07) is 11.3. The topological polar surface area (TPSA) is 84.5 Å². The van der Waals surface area contributed by atoms with Crippen molar-refractivity contribution >= 4 is 40.4 Å². The molecule has 8 heteroatoms. The number of methoxy groups -OCH3 is 1. The van der Waals surface area contributed by atoms with Gasteiger partial charge in [0.25, 0.3) is 0 Å². The van der Waals surface area contributed by atoms with Crippen LogP contribution in [-0.2, 0) is 32.0 Å². The van der Waals surface area contributed by atoms with Crippen molar-refractivity contribution in [1.82, 2.24) is 10.6 Å². The lowest BCUT2D eigenvalue weighted by atomic mass is 10.0. The van der Waals surface area contributed by atoms with Gasteiger partial charge in [-0.2, -0.15) is 0 Å². The Balaban J connectivity index is 2.17. The van der Waals surface area contributed by atoms with Gasteiger partial charge in [0, 0.05) is 23.3 Å². The summed E-state index contributed by atoms with van der Waals surface area (Å²) < 4.78 is 18.9. The van der Waals surface area contributed by atoms with E-state index in [-0.39, 0.29) is 18.7 Å². The number of benzene rings is 2. The molecule has 0 unspecified atom stereocenters. The lowest BCUT2D eigenvalue weighted by Crippen LogP contribution is -2.53. The third-order valence-corrected chi connectivity index (χ3v) is 5.28. The van der Waals surface area contributed by atoms with Gasteiger partial charge in [-0.05, 0) is 51.9 Å². The fourth-order valence-corrected chi connectivity index (χ4v) is 3.41. The van der Waals surface area contributed by atoms with Crippen molar-refractivity contribution in [1.29, 1.82) is 0 Å². The molecule has 0 saturated carbocycles. The molecular weight excluding hydrogens is 490 g/mol. The highest BCUT2D eigenvalue weighted by Crippen LogP contribution is 2.14. The Morgan fingerprint density at radius 1 is 1.00 bits per heavy atom. The second kappa shape index (κ2) is 10.9. The van der Waals surface area contributed by atoms with Crippen molar-refractivity contribution in [2.45, 2.75) is 31.8 Å². The number of nitrogens with one attached hydrogen (secondary N) is 2. The second-order valence-electron chi connectivity index (χ2n) is 6.46. The maximum absolute atomic E-state index is 13.1. The van der Waals surface area contributed by atoms with Gasteiger partial charge >= 0.3 is 5.97 Å². The van der Waals surface area contributed by atoms with Gasteiger partial charge in [0.1, 0.15) is 17.9 Å². The van der Waals surface area contributed by atoms with Gasteiger partial charge in [-0.3, -0.25) is 9.59 Å². The summed E-state index contributed by atoms with van der Waals surface area (Å²) in [5, 5.41) is 5.26. The molecule has 154 valence electrons. The maximum Gasteiger partial charge on any atom is 0.328 e. The third-order valence-electron chi connectivity index (χ3n) is 4.23. The van der Waals surface area contributed by atoms with E-state index < -0.39 is 29.8 Å². The second-order valence-corrected chi connectivity index (χ2v) is 7.63. The number of halogens is 2. The first-order chi connectivity index (χ1) is 13.8. The molecule has 2 rings (SSSR count). The van der Waals surface area contributed by atoms with Crippen molar-refractivity contribution in [3.63, 3.8) is 0 Å². The summed E-state index contributed by atoms with van der Waals surface area (Å²) in [4.78, 5) is 36.7. The summed E-state index contributed by atoms with van der Waals surface area (Å²) >= 11 is 2.16. The number of hydrogen-bond donors (Lipinski definition) is 2. The Bertz CT molecular complexity index is 873. The average molecular weight is 512 g/mol. The van der Waals surface area contributed by atoms with Crippen molar-refractivity contribution in [3.05, 3.63) is 69.0 Å². The molecule has 2 aromatic rings. The summed E-state index contributed by atoms with van der Waals surface area (Å²) in [7, 11) is 1.25. The van der Waals surface area contributed by atoms with Crippen LogP contribution in [0.25, 0.3) is 0 Å². The molecule has 0 heterocycles. The van der Waals surface area contributed by atoms with Crippen LogP contribution in [0.2, 0.25) is 0 Å². The summed E-state index contributed by atoms with van der Waals surface area (Å²) in [5.41, 5.74) is 1.56. The molecule has 2 aromatic carbocycles. The van der Waals surface area contributed by atoms with E-state index in [9.17, 15) is 18.8 Å². The molecule has 0 saturated heterocycles. The largest absolute Gasteiger partial charge is 0.467 e. The fourth-order valence-electron chi connectivity index (χ4n) is 2.80. The first-order valence-electron chi connectivity index (χ1n) is 8.93. The van der Waals surface area contributed by atoms with E-state index in [0.717, 1.165) is 9.13 Å². The standard InChI is InChI=1S/C21H22FIN2O4/c1-13(26)24-18(11-14-7-9-16(22)10-8-14)20(27)25-19(21(28)29-2)12-15-5-3-4-6-17(15)23/h3-10,18-19H,11-12H2,1-2H3,(H,24,26)(H,25,27)/t18-,19+/m1/s1. The van der Waals surface area contributed by atoms with Gasteiger partial charge in [-0.1, -0.05) is 30.3 Å². The van der Waals surface area contributed by atoms with E-state index in [2.05, 4.69) is 33.2 Å². The quantitative estimate of drug-likeness (QED) is 0.421. The number of rotatable bonds is 8. The molecule has 6 nitrogen and oxygen atoms in total. The normalized spacial score (nSPS) is 12.6. The van der Waals surface area contributed by atoms with Gasteiger partial charge in [0.15, 0.2) is 0 Å². The Labute approximate surface area is 182 Å². The number of ether oxygens (including phenoxy) is 1. The summed E-state index contributed by atoms with van der Waals surface area (Å²) in [6.07, 6.45) is 0.406. The maximum atomic E-state index is 13.1. The van der Waals surface area contributed by atoms with Crippen molar-refractivity contribution in [2.24, 2.45) is 0 Å². The Morgan fingerprint density at radius 3 is 2.24 bits per heavy atom. The van der Waals surface area contributed by atoms with E-state index >= 15 is 0 Å². The average Bonchev–Trinajstić information content (AvgIpc) is 2.69. The molecule has 0 spiro atoms. The molecule has 0 aromatic heterocycles. The van der Waals surface area contributed by atoms with Crippen LogP contribution < -0.4 is 10.6 Å². The molecule has 29 heavy (non-hydrogen) atoms. The number of carbonyl (C=O) groups excluding carboxylic acids is 3. The minimum Gasteiger partial charge on any atom is -0.467 e. The highest BCUT2D eigenvalue weighted by molar-refractivity contribution is 14.1. The smallest absolute Gasteiger partial charge is 0.328 e. The molecule has 0 bridgehead atoms. The highest BCUT2D eigenvalue weighted by Gasteiger charge is 2.27. The first-order valence-corrected chi connectivity index (χ1v) is 10.0. The van der Waals surface area contributed by atoms with Crippen LogP contribution in [0.1, 0.15) is 18.1 Å². The molecule has 0 aliphatic carbocycles. The molecule has 0 aliphatic rings. The summed E-state index contributed by atoms with van der Waals surface area (Å²) in [5.74, 6) is -1.88. The minimum atomic E-state index is -0.917. The highest BCUT2D eigenvalue weighted by atomic mass is 127. The van der Waals surface area contributed by atoms with E-state index in [1.165, 1.54) is 26.2 Å². The third kappa shape index (κ3) is 7.12.